The normalized spacial score (nSPS) is 20.5. The standard InChI is InChI=1S/C23H25N3O4/c27-22-7-3-11-26(22)19-6-1-4-16(12-19)23(28)25-10-2-5-18(14-25)24-17-8-9-20-21(13-17)30-15-29-20/h1,4,6,8-9,12-13,18,24H,2-3,5,7,10-11,14-15H2. The number of fused-ring (bicyclic) bond motifs is 1. The molecule has 3 aliphatic rings. The Balaban J connectivity index is 1.26. The molecule has 3 aliphatic heterocycles. The van der Waals surface area contributed by atoms with Gasteiger partial charge in [-0.1, -0.05) is 6.07 Å². The van der Waals surface area contributed by atoms with Gasteiger partial charge in [-0.15, -0.1) is 0 Å². The zero-order chi connectivity index (χ0) is 20.5. The molecule has 0 aromatic heterocycles. The van der Waals surface area contributed by atoms with Gasteiger partial charge in [0.2, 0.25) is 12.7 Å². The summed E-state index contributed by atoms with van der Waals surface area (Å²) in [6.45, 7) is 2.36. The zero-order valence-corrected chi connectivity index (χ0v) is 16.8. The summed E-state index contributed by atoms with van der Waals surface area (Å²) < 4.78 is 10.8. The number of carbonyl (C=O) groups excluding carboxylic acids is 2. The van der Waals surface area contributed by atoms with E-state index in [1.54, 1.807) is 4.90 Å². The molecule has 7 nitrogen and oxygen atoms in total. The predicted molar refractivity (Wildman–Crippen MR) is 113 cm³/mol. The minimum Gasteiger partial charge on any atom is -0.454 e. The third kappa shape index (κ3) is 3.67. The van der Waals surface area contributed by atoms with Crippen molar-refractivity contribution in [3.63, 3.8) is 0 Å². The van der Waals surface area contributed by atoms with Crippen molar-refractivity contribution in [1.29, 1.82) is 0 Å². The third-order valence-electron chi connectivity index (χ3n) is 5.93. The molecule has 2 amide bonds. The summed E-state index contributed by atoms with van der Waals surface area (Å²) in [5.41, 5.74) is 2.42. The molecule has 2 aromatic carbocycles. The summed E-state index contributed by atoms with van der Waals surface area (Å²) in [5, 5.41) is 3.53. The molecule has 2 saturated heterocycles. The molecule has 2 fully saturated rings. The van der Waals surface area contributed by atoms with Crippen LogP contribution in [0.5, 0.6) is 11.5 Å². The molecule has 2 aromatic rings. The smallest absolute Gasteiger partial charge is 0.253 e. The number of carbonyl (C=O) groups is 2. The maximum atomic E-state index is 13.2. The number of piperidine rings is 1. The molecule has 3 heterocycles. The fraction of sp³-hybridized carbons (Fsp3) is 0.391. The van der Waals surface area contributed by atoms with Gasteiger partial charge in [0.1, 0.15) is 0 Å². The molecule has 0 aliphatic carbocycles. The van der Waals surface area contributed by atoms with E-state index in [9.17, 15) is 9.59 Å². The minimum absolute atomic E-state index is 0.0145. The monoisotopic (exact) mass is 407 g/mol. The fourth-order valence-electron chi connectivity index (χ4n) is 4.41. The predicted octanol–water partition coefficient (Wildman–Crippen LogP) is 3.26. The van der Waals surface area contributed by atoms with Gasteiger partial charge in [0.25, 0.3) is 5.91 Å². The van der Waals surface area contributed by atoms with Crippen LogP contribution in [0.15, 0.2) is 42.5 Å². The van der Waals surface area contributed by atoms with Gasteiger partial charge >= 0.3 is 0 Å². The van der Waals surface area contributed by atoms with Gasteiger partial charge in [-0.05, 0) is 49.6 Å². The molecule has 0 spiro atoms. The summed E-state index contributed by atoms with van der Waals surface area (Å²) in [4.78, 5) is 28.9. The van der Waals surface area contributed by atoms with E-state index in [1.165, 1.54) is 0 Å². The zero-order valence-electron chi connectivity index (χ0n) is 16.8. The van der Waals surface area contributed by atoms with Crippen LogP contribution in [0.3, 0.4) is 0 Å². The number of nitrogens with zero attached hydrogens (tertiary/aromatic N) is 2. The average Bonchev–Trinajstić information content (AvgIpc) is 3.42. The van der Waals surface area contributed by atoms with Crippen molar-refractivity contribution < 1.29 is 19.1 Å². The van der Waals surface area contributed by atoms with Crippen LogP contribution in [0, 0.1) is 0 Å². The second-order valence-corrected chi connectivity index (χ2v) is 8.00. The number of hydrogen-bond acceptors (Lipinski definition) is 5. The summed E-state index contributed by atoms with van der Waals surface area (Å²) >= 11 is 0. The topological polar surface area (TPSA) is 71.1 Å². The molecule has 1 atom stereocenters. The second kappa shape index (κ2) is 7.89. The number of rotatable bonds is 4. The molecule has 1 N–H and O–H groups in total. The maximum Gasteiger partial charge on any atom is 0.253 e. The van der Waals surface area contributed by atoms with Gasteiger partial charge in [0.15, 0.2) is 11.5 Å². The highest BCUT2D eigenvalue weighted by molar-refractivity contribution is 5.99. The third-order valence-corrected chi connectivity index (χ3v) is 5.93. The number of benzene rings is 2. The summed E-state index contributed by atoms with van der Waals surface area (Å²) in [7, 11) is 0. The molecule has 0 bridgehead atoms. The molecular weight excluding hydrogens is 382 g/mol. The summed E-state index contributed by atoms with van der Waals surface area (Å²) in [6, 6.07) is 13.4. The number of amides is 2. The van der Waals surface area contributed by atoms with E-state index in [2.05, 4.69) is 5.32 Å². The number of hydrogen-bond donors (Lipinski definition) is 1. The molecule has 7 heteroatoms. The van der Waals surface area contributed by atoms with E-state index >= 15 is 0 Å². The number of nitrogens with one attached hydrogen (secondary N) is 1. The first-order valence-corrected chi connectivity index (χ1v) is 10.5. The molecule has 1 unspecified atom stereocenters. The van der Waals surface area contributed by atoms with Crippen LogP contribution >= 0.6 is 0 Å². The lowest BCUT2D eigenvalue weighted by Crippen LogP contribution is -2.45. The largest absolute Gasteiger partial charge is 0.454 e. The molecule has 30 heavy (non-hydrogen) atoms. The van der Waals surface area contributed by atoms with Crippen LogP contribution in [-0.2, 0) is 4.79 Å². The van der Waals surface area contributed by atoms with Crippen LogP contribution in [0.1, 0.15) is 36.0 Å². The Morgan fingerprint density at radius 1 is 1.03 bits per heavy atom. The lowest BCUT2D eigenvalue weighted by Gasteiger charge is -2.34. The van der Waals surface area contributed by atoms with Crippen LogP contribution < -0.4 is 19.7 Å². The number of ether oxygens (including phenoxy) is 2. The Labute approximate surface area is 175 Å². The van der Waals surface area contributed by atoms with E-state index in [0.29, 0.717) is 18.5 Å². The van der Waals surface area contributed by atoms with Crippen molar-refractivity contribution in [1.82, 2.24) is 4.90 Å². The molecular formula is C23H25N3O4. The molecule has 5 rings (SSSR count). The van der Waals surface area contributed by atoms with Crippen molar-refractivity contribution in [2.45, 2.75) is 31.7 Å². The van der Waals surface area contributed by atoms with E-state index in [1.807, 2.05) is 47.4 Å². The van der Waals surface area contributed by atoms with Crippen molar-refractivity contribution in [3.05, 3.63) is 48.0 Å². The maximum absolute atomic E-state index is 13.2. The second-order valence-electron chi connectivity index (χ2n) is 8.00. The minimum atomic E-state index is 0.0145. The summed E-state index contributed by atoms with van der Waals surface area (Å²) in [6.07, 6.45) is 3.40. The van der Waals surface area contributed by atoms with Crippen LogP contribution in [0.25, 0.3) is 0 Å². The van der Waals surface area contributed by atoms with Gasteiger partial charge in [-0.25, -0.2) is 0 Å². The first kappa shape index (κ1) is 18.8. The Bertz CT molecular complexity index is 977. The first-order chi connectivity index (χ1) is 14.7. The molecule has 156 valence electrons. The van der Waals surface area contributed by atoms with Crippen LogP contribution in [0.4, 0.5) is 11.4 Å². The van der Waals surface area contributed by atoms with E-state index < -0.39 is 0 Å². The van der Waals surface area contributed by atoms with E-state index in [4.69, 9.17) is 9.47 Å². The summed E-state index contributed by atoms with van der Waals surface area (Å²) in [5.74, 6) is 1.65. The van der Waals surface area contributed by atoms with Gasteiger partial charge in [-0.3, -0.25) is 9.59 Å². The number of anilines is 2. The molecule has 0 saturated carbocycles. The van der Waals surface area contributed by atoms with Gasteiger partial charge < -0.3 is 24.6 Å². The van der Waals surface area contributed by atoms with E-state index in [-0.39, 0.29) is 24.6 Å². The van der Waals surface area contributed by atoms with Crippen LogP contribution in [0.2, 0.25) is 0 Å². The van der Waals surface area contributed by atoms with E-state index in [0.717, 1.165) is 55.2 Å². The van der Waals surface area contributed by atoms with Crippen molar-refractivity contribution in [2.75, 3.05) is 36.6 Å². The Morgan fingerprint density at radius 2 is 1.93 bits per heavy atom. The highest BCUT2D eigenvalue weighted by Crippen LogP contribution is 2.34. The fourth-order valence-corrected chi connectivity index (χ4v) is 4.41. The van der Waals surface area contributed by atoms with Crippen LogP contribution in [-0.4, -0.2) is 49.2 Å². The van der Waals surface area contributed by atoms with Crippen molar-refractivity contribution in [3.8, 4) is 11.5 Å². The van der Waals surface area contributed by atoms with Gasteiger partial charge in [0, 0.05) is 55.1 Å². The Morgan fingerprint density at radius 3 is 2.80 bits per heavy atom. The average molecular weight is 407 g/mol. The van der Waals surface area contributed by atoms with Gasteiger partial charge in [0.05, 0.1) is 0 Å². The lowest BCUT2D eigenvalue weighted by atomic mass is 10.0. The lowest BCUT2D eigenvalue weighted by molar-refractivity contribution is -0.117. The van der Waals surface area contributed by atoms with Crippen molar-refractivity contribution >= 4 is 23.2 Å². The highest BCUT2D eigenvalue weighted by atomic mass is 16.7. The van der Waals surface area contributed by atoms with Crippen molar-refractivity contribution in [2.24, 2.45) is 0 Å². The Kier molecular flexibility index (Phi) is 4.94. The SMILES string of the molecule is O=C(c1cccc(N2CCCC2=O)c1)N1CCCC(Nc2ccc3c(c2)OCO3)C1. The quantitative estimate of drug-likeness (QED) is 0.842. The number of likely N-dealkylation sites (tertiary alicyclic amines) is 1. The Hall–Kier alpha value is -3.22. The first-order valence-electron chi connectivity index (χ1n) is 10.5. The molecule has 0 radical (unpaired) electrons. The van der Waals surface area contributed by atoms with Gasteiger partial charge in [-0.2, -0.15) is 0 Å². The highest BCUT2D eigenvalue weighted by Gasteiger charge is 2.27.